The minimum Gasteiger partial charge on any atom is -0.457 e. The number of rotatable bonds is 3. The van der Waals surface area contributed by atoms with Gasteiger partial charge < -0.3 is 9.73 Å². The first-order valence-corrected chi connectivity index (χ1v) is 8.25. The molecular weight excluding hydrogens is 404 g/mol. The highest BCUT2D eigenvalue weighted by Gasteiger charge is 2.22. The Morgan fingerprint density at radius 3 is 2.74 bits per heavy atom. The zero-order valence-electron chi connectivity index (χ0n) is 11.2. The Bertz CT molecular complexity index is 875. The van der Waals surface area contributed by atoms with E-state index < -0.39 is 4.92 Å². The van der Waals surface area contributed by atoms with Gasteiger partial charge in [0.2, 0.25) is 0 Å². The molecule has 2 aromatic rings. The van der Waals surface area contributed by atoms with E-state index in [1.165, 1.54) is 23.9 Å². The minimum absolute atomic E-state index is 0.0120. The Labute approximate surface area is 148 Å². The molecule has 1 aromatic carbocycles. The number of carbonyl (C=O) groups excluding carboxylic acids is 1. The molecule has 1 saturated heterocycles. The van der Waals surface area contributed by atoms with E-state index in [9.17, 15) is 14.9 Å². The van der Waals surface area contributed by atoms with E-state index in [0.29, 0.717) is 30.8 Å². The number of carbonyl (C=O) groups is 1. The molecule has 0 saturated carbocycles. The zero-order chi connectivity index (χ0) is 16.6. The molecule has 3 rings (SSSR count). The average Bonchev–Trinajstić information content (AvgIpc) is 3.06. The van der Waals surface area contributed by atoms with Crippen molar-refractivity contribution in [2.24, 2.45) is 0 Å². The Kier molecular flexibility index (Phi) is 4.33. The topological polar surface area (TPSA) is 85.4 Å². The second-order valence-electron chi connectivity index (χ2n) is 4.48. The van der Waals surface area contributed by atoms with Gasteiger partial charge >= 0.3 is 0 Å². The molecule has 0 radical (unpaired) electrons. The number of hydrogen-bond acceptors (Lipinski definition) is 6. The van der Waals surface area contributed by atoms with Gasteiger partial charge in [0.05, 0.1) is 9.83 Å². The molecule has 1 aliphatic rings. The largest absolute Gasteiger partial charge is 0.457 e. The number of nitrogens with zero attached hydrogens (tertiary/aromatic N) is 1. The van der Waals surface area contributed by atoms with Gasteiger partial charge in [-0.1, -0.05) is 24.0 Å². The number of thiocarbonyl (C=S) groups is 1. The summed E-state index contributed by atoms with van der Waals surface area (Å²) < 4.78 is 6.64. The molecule has 0 atom stereocenters. The normalized spacial score (nSPS) is 16.0. The summed E-state index contributed by atoms with van der Waals surface area (Å²) in [4.78, 5) is 22.4. The molecule has 2 heterocycles. The number of benzene rings is 1. The maximum Gasteiger partial charge on any atom is 0.270 e. The summed E-state index contributed by atoms with van der Waals surface area (Å²) >= 11 is 9.39. The third-order valence-corrected chi connectivity index (χ3v) is 4.79. The van der Waals surface area contributed by atoms with Crippen LogP contribution in [-0.2, 0) is 4.79 Å². The van der Waals surface area contributed by atoms with Crippen molar-refractivity contribution in [3.05, 3.63) is 55.6 Å². The fourth-order valence-corrected chi connectivity index (χ4v) is 3.53. The molecule has 1 aliphatic heterocycles. The van der Waals surface area contributed by atoms with Crippen LogP contribution in [0.4, 0.5) is 5.69 Å². The van der Waals surface area contributed by atoms with E-state index in [4.69, 9.17) is 16.6 Å². The first-order chi connectivity index (χ1) is 10.9. The van der Waals surface area contributed by atoms with Crippen molar-refractivity contribution in [2.45, 2.75) is 0 Å². The summed E-state index contributed by atoms with van der Waals surface area (Å²) in [7, 11) is 0. The van der Waals surface area contributed by atoms with Crippen LogP contribution in [0.15, 0.2) is 44.1 Å². The smallest absolute Gasteiger partial charge is 0.270 e. The number of halogens is 1. The van der Waals surface area contributed by atoms with Gasteiger partial charge in [0.25, 0.3) is 11.6 Å². The fourth-order valence-electron chi connectivity index (χ4n) is 1.94. The molecule has 116 valence electrons. The molecule has 9 heteroatoms. The number of amides is 1. The minimum atomic E-state index is -0.467. The first kappa shape index (κ1) is 15.9. The van der Waals surface area contributed by atoms with E-state index in [1.807, 2.05) is 0 Å². The second kappa shape index (κ2) is 6.26. The SMILES string of the molecule is O=C1NC(=S)S/C1=C\c1ccc(-c2ccc([N+](=O)[O-])cc2Br)o1. The van der Waals surface area contributed by atoms with Crippen LogP contribution >= 0.6 is 39.9 Å². The molecule has 1 fully saturated rings. The lowest BCUT2D eigenvalue weighted by molar-refractivity contribution is -0.384. The van der Waals surface area contributed by atoms with Crippen molar-refractivity contribution in [1.29, 1.82) is 0 Å². The molecular formula is C14H7BrN2O4S2. The summed E-state index contributed by atoms with van der Waals surface area (Å²) in [5, 5.41) is 13.3. The quantitative estimate of drug-likeness (QED) is 0.354. The second-order valence-corrected chi connectivity index (χ2v) is 7.05. The number of non-ortho nitro benzene ring substituents is 1. The number of nitro groups is 1. The molecule has 1 N–H and O–H groups in total. The molecule has 6 nitrogen and oxygen atoms in total. The first-order valence-electron chi connectivity index (χ1n) is 6.23. The predicted molar refractivity (Wildman–Crippen MR) is 94.8 cm³/mol. The van der Waals surface area contributed by atoms with Gasteiger partial charge in [0.15, 0.2) is 0 Å². The Morgan fingerprint density at radius 1 is 1.35 bits per heavy atom. The van der Waals surface area contributed by atoms with Crippen molar-refractivity contribution in [1.82, 2.24) is 5.32 Å². The van der Waals surface area contributed by atoms with E-state index >= 15 is 0 Å². The van der Waals surface area contributed by atoms with Gasteiger partial charge in [-0.25, -0.2) is 0 Å². The van der Waals surface area contributed by atoms with Crippen molar-refractivity contribution in [2.75, 3.05) is 0 Å². The van der Waals surface area contributed by atoms with Crippen LogP contribution < -0.4 is 5.32 Å². The maximum atomic E-state index is 11.6. The monoisotopic (exact) mass is 410 g/mol. The van der Waals surface area contributed by atoms with Crippen LogP contribution in [0.1, 0.15) is 5.76 Å². The molecule has 0 bridgehead atoms. The third-order valence-electron chi connectivity index (χ3n) is 2.97. The molecule has 0 aliphatic carbocycles. The summed E-state index contributed by atoms with van der Waals surface area (Å²) in [6.07, 6.45) is 1.60. The summed E-state index contributed by atoms with van der Waals surface area (Å²) in [5.41, 5.74) is 0.668. The van der Waals surface area contributed by atoms with Crippen molar-refractivity contribution < 1.29 is 14.1 Å². The van der Waals surface area contributed by atoms with Gasteiger partial charge in [-0.15, -0.1) is 0 Å². The van der Waals surface area contributed by atoms with Gasteiger partial charge in [-0.3, -0.25) is 14.9 Å². The number of hydrogen-bond donors (Lipinski definition) is 1. The van der Waals surface area contributed by atoms with Crippen LogP contribution in [-0.4, -0.2) is 15.2 Å². The van der Waals surface area contributed by atoms with Crippen LogP contribution in [0.2, 0.25) is 0 Å². The van der Waals surface area contributed by atoms with Crippen LogP contribution in [0, 0.1) is 10.1 Å². The van der Waals surface area contributed by atoms with Gasteiger partial charge in [0, 0.05) is 28.2 Å². The highest BCUT2D eigenvalue weighted by Crippen LogP contribution is 2.34. The number of furan rings is 1. The lowest BCUT2D eigenvalue weighted by Gasteiger charge is -2.00. The molecule has 0 unspecified atom stereocenters. The zero-order valence-corrected chi connectivity index (χ0v) is 14.5. The molecule has 0 spiro atoms. The molecule has 23 heavy (non-hydrogen) atoms. The van der Waals surface area contributed by atoms with E-state index in [1.54, 1.807) is 24.3 Å². The molecule has 1 amide bonds. The van der Waals surface area contributed by atoms with Crippen LogP contribution in [0.3, 0.4) is 0 Å². The highest BCUT2D eigenvalue weighted by molar-refractivity contribution is 9.10. The summed E-state index contributed by atoms with van der Waals surface area (Å²) in [5.74, 6) is 0.770. The van der Waals surface area contributed by atoms with Crippen LogP contribution in [0.25, 0.3) is 17.4 Å². The van der Waals surface area contributed by atoms with Gasteiger partial charge in [0.1, 0.15) is 15.8 Å². The third kappa shape index (κ3) is 3.36. The van der Waals surface area contributed by atoms with Crippen molar-refractivity contribution in [3.63, 3.8) is 0 Å². The van der Waals surface area contributed by atoms with Gasteiger partial charge in [-0.2, -0.15) is 0 Å². The van der Waals surface area contributed by atoms with E-state index in [-0.39, 0.29) is 11.6 Å². The number of nitro benzene ring substituents is 1. The highest BCUT2D eigenvalue weighted by atomic mass is 79.9. The maximum absolute atomic E-state index is 11.6. The molecule has 1 aromatic heterocycles. The lowest BCUT2D eigenvalue weighted by Crippen LogP contribution is -2.17. The fraction of sp³-hybridized carbons (Fsp3) is 0. The average molecular weight is 411 g/mol. The summed E-state index contributed by atoms with van der Waals surface area (Å²) in [6, 6.07) is 7.86. The Morgan fingerprint density at radius 2 is 2.13 bits per heavy atom. The van der Waals surface area contributed by atoms with Crippen molar-refractivity contribution in [3.8, 4) is 11.3 Å². The summed E-state index contributed by atoms with van der Waals surface area (Å²) in [6.45, 7) is 0. The van der Waals surface area contributed by atoms with Crippen molar-refractivity contribution >= 4 is 61.9 Å². The van der Waals surface area contributed by atoms with E-state index in [2.05, 4.69) is 21.2 Å². The lowest BCUT2D eigenvalue weighted by atomic mass is 10.1. The number of thioether (sulfide) groups is 1. The predicted octanol–water partition coefficient (Wildman–Crippen LogP) is 4.11. The van der Waals surface area contributed by atoms with E-state index in [0.717, 1.165) is 0 Å². The van der Waals surface area contributed by atoms with Crippen LogP contribution in [0.5, 0.6) is 0 Å². The Hall–Kier alpha value is -1.97. The Balaban J connectivity index is 1.91. The standard InChI is InChI=1S/C14H7BrN2O4S2/c15-10-5-7(17(19)20)1-3-9(10)11-4-2-8(21-11)6-12-13(18)16-14(22)23-12/h1-6H,(H,16,18,22)/b12-6-. The van der Waals surface area contributed by atoms with Gasteiger partial charge in [-0.05, 0) is 34.1 Å². The number of nitrogens with one attached hydrogen (secondary N) is 1.